The molecular formula is C14H11NO4. The molecule has 0 unspecified atom stereocenters. The molecule has 96 valence electrons. The molecule has 0 atom stereocenters. The summed E-state index contributed by atoms with van der Waals surface area (Å²) in [7, 11) is 0. The first kappa shape index (κ1) is 12.8. The minimum atomic E-state index is -0.496. The molecule has 0 aliphatic carbocycles. The molecule has 0 spiro atoms. The quantitative estimate of drug-likeness (QED) is 0.477. The van der Waals surface area contributed by atoms with E-state index >= 15 is 0 Å². The van der Waals surface area contributed by atoms with Crippen molar-refractivity contribution in [3.05, 3.63) is 63.7 Å². The van der Waals surface area contributed by atoms with Crippen molar-refractivity contribution in [1.29, 1.82) is 0 Å². The number of aryl methyl sites for hydroxylation is 1. The zero-order valence-electron chi connectivity index (χ0n) is 10.2. The average Bonchev–Trinajstić information content (AvgIpc) is 2.41. The number of ether oxygens (including phenoxy) is 1. The van der Waals surface area contributed by atoms with Gasteiger partial charge in [-0.2, -0.15) is 0 Å². The lowest BCUT2D eigenvalue weighted by atomic mass is 10.1. The standard InChI is InChI=1S/C14H11NO4/c1-10-8-11(9-16)6-7-13(10)19-14-5-3-2-4-12(14)15(17)18/h2-9H,1H3. The molecule has 2 aromatic carbocycles. The molecule has 0 N–H and O–H groups in total. The molecule has 0 aliphatic rings. The van der Waals surface area contributed by atoms with E-state index < -0.39 is 4.92 Å². The van der Waals surface area contributed by atoms with E-state index in [-0.39, 0.29) is 11.4 Å². The van der Waals surface area contributed by atoms with Crippen molar-refractivity contribution in [2.75, 3.05) is 0 Å². The Morgan fingerprint density at radius 3 is 2.53 bits per heavy atom. The summed E-state index contributed by atoms with van der Waals surface area (Å²) in [6.07, 6.45) is 0.738. The van der Waals surface area contributed by atoms with Gasteiger partial charge in [-0.05, 0) is 36.8 Å². The van der Waals surface area contributed by atoms with Crippen molar-refractivity contribution in [3.63, 3.8) is 0 Å². The largest absolute Gasteiger partial charge is 0.450 e. The first-order valence-corrected chi connectivity index (χ1v) is 5.59. The van der Waals surface area contributed by atoms with E-state index in [1.165, 1.54) is 12.1 Å². The van der Waals surface area contributed by atoms with Crippen LogP contribution in [0.4, 0.5) is 5.69 Å². The highest BCUT2D eigenvalue weighted by atomic mass is 16.6. The van der Waals surface area contributed by atoms with Crippen LogP contribution >= 0.6 is 0 Å². The van der Waals surface area contributed by atoms with E-state index in [1.54, 1.807) is 37.3 Å². The van der Waals surface area contributed by atoms with Gasteiger partial charge < -0.3 is 4.74 Å². The summed E-state index contributed by atoms with van der Waals surface area (Å²) in [6.45, 7) is 1.77. The van der Waals surface area contributed by atoms with Crippen LogP contribution in [0.1, 0.15) is 15.9 Å². The number of carbonyl (C=O) groups is 1. The summed E-state index contributed by atoms with van der Waals surface area (Å²) < 4.78 is 5.54. The van der Waals surface area contributed by atoms with Crippen LogP contribution in [0.15, 0.2) is 42.5 Å². The molecule has 0 fully saturated rings. The molecule has 0 amide bonds. The van der Waals surface area contributed by atoms with Gasteiger partial charge in [-0.15, -0.1) is 0 Å². The van der Waals surface area contributed by atoms with Crippen LogP contribution in [0, 0.1) is 17.0 Å². The highest BCUT2D eigenvalue weighted by molar-refractivity contribution is 5.75. The Balaban J connectivity index is 2.36. The van der Waals surface area contributed by atoms with Crippen molar-refractivity contribution < 1.29 is 14.5 Å². The number of nitro groups is 1. The lowest BCUT2D eigenvalue weighted by Gasteiger charge is -2.09. The van der Waals surface area contributed by atoms with Gasteiger partial charge in [0, 0.05) is 11.6 Å². The number of rotatable bonds is 4. The first-order valence-electron chi connectivity index (χ1n) is 5.59. The van der Waals surface area contributed by atoms with Crippen LogP contribution in [0.2, 0.25) is 0 Å². The van der Waals surface area contributed by atoms with Crippen molar-refractivity contribution in [1.82, 2.24) is 0 Å². The zero-order chi connectivity index (χ0) is 13.8. The van der Waals surface area contributed by atoms with Gasteiger partial charge >= 0.3 is 5.69 Å². The van der Waals surface area contributed by atoms with Crippen LogP contribution < -0.4 is 4.74 Å². The maximum Gasteiger partial charge on any atom is 0.311 e. The Kier molecular flexibility index (Phi) is 3.56. The van der Waals surface area contributed by atoms with Crippen molar-refractivity contribution in [2.24, 2.45) is 0 Å². The molecule has 0 radical (unpaired) electrons. The van der Waals surface area contributed by atoms with Gasteiger partial charge in [0.15, 0.2) is 0 Å². The SMILES string of the molecule is Cc1cc(C=O)ccc1Oc1ccccc1[N+](=O)[O-]. The third kappa shape index (κ3) is 2.77. The normalized spacial score (nSPS) is 9.95. The number of benzene rings is 2. The lowest BCUT2D eigenvalue weighted by Crippen LogP contribution is -1.94. The Morgan fingerprint density at radius 1 is 1.16 bits per heavy atom. The second kappa shape index (κ2) is 5.30. The predicted molar refractivity (Wildman–Crippen MR) is 69.7 cm³/mol. The molecular weight excluding hydrogens is 246 g/mol. The fourth-order valence-electron chi connectivity index (χ4n) is 1.67. The summed E-state index contributed by atoms with van der Waals surface area (Å²) in [6, 6.07) is 11.0. The van der Waals surface area contributed by atoms with Crippen LogP contribution in [-0.2, 0) is 0 Å². The third-order valence-corrected chi connectivity index (χ3v) is 2.62. The van der Waals surface area contributed by atoms with E-state index in [4.69, 9.17) is 4.74 Å². The molecule has 0 heterocycles. The molecule has 0 bridgehead atoms. The van der Waals surface area contributed by atoms with Gasteiger partial charge in [0.1, 0.15) is 12.0 Å². The zero-order valence-corrected chi connectivity index (χ0v) is 10.2. The van der Waals surface area contributed by atoms with Crippen molar-refractivity contribution in [2.45, 2.75) is 6.92 Å². The van der Waals surface area contributed by atoms with Gasteiger partial charge in [0.05, 0.1) is 4.92 Å². The van der Waals surface area contributed by atoms with Gasteiger partial charge in [-0.25, -0.2) is 0 Å². The molecule has 5 heteroatoms. The molecule has 0 aromatic heterocycles. The summed E-state index contributed by atoms with van der Waals surface area (Å²) in [4.78, 5) is 21.0. The molecule has 0 aliphatic heterocycles. The number of hydrogen-bond donors (Lipinski definition) is 0. The summed E-state index contributed by atoms with van der Waals surface area (Å²) >= 11 is 0. The molecule has 2 aromatic rings. The maximum absolute atomic E-state index is 10.9. The summed E-state index contributed by atoms with van der Waals surface area (Å²) in [5, 5.41) is 10.9. The van der Waals surface area contributed by atoms with Gasteiger partial charge in [-0.3, -0.25) is 14.9 Å². The van der Waals surface area contributed by atoms with Gasteiger partial charge in [0.25, 0.3) is 0 Å². The third-order valence-electron chi connectivity index (χ3n) is 2.62. The number of nitrogens with zero attached hydrogens (tertiary/aromatic N) is 1. The van der Waals surface area contributed by atoms with Crippen molar-refractivity contribution >= 4 is 12.0 Å². The maximum atomic E-state index is 10.9. The lowest BCUT2D eigenvalue weighted by molar-refractivity contribution is -0.385. The fraction of sp³-hybridized carbons (Fsp3) is 0.0714. The van der Waals surface area contributed by atoms with E-state index in [2.05, 4.69) is 0 Å². The molecule has 5 nitrogen and oxygen atoms in total. The second-order valence-electron chi connectivity index (χ2n) is 3.97. The number of para-hydroxylation sites is 2. The van der Waals surface area contributed by atoms with E-state index in [0.717, 1.165) is 11.8 Å². The van der Waals surface area contributed by atoms with Crippen LogP contribution in [0.25, 0.3) is 0 Å². The van der Waals surface area contributed by atoms with Crippen LogP contribution in [0.3, 0.4) is 0 Å². The second-order valence-corrected chi connectivity index (χ2v) is 3.97. The smallest absolute Gasteiger partial charge is 0.311 e. The predicted octanol–water partition coefficient (Wildman–Crippen LogP) is 3.51. The number of carbonyl (C=O) groups excluding carboxylic acids is 1. The highest BCUT2D eigenvalue weighted by Gasteiger charge is 2.15. The monoisotopic (exact) mass is 257 g/mol. The number of hydrogen-bond acceptors (Lipinski definition) is 4. The summed E-state index contributed by atoms with van der Waals surface area (Å²) in [5.41, 5.74) is 1.18. The van der Waals surface area contributed by atoms with E-state index in [1.807, 2.05) is 0 Å². The number of aldehydes is 1. The van der Waals surface area contributed by atoms with Gasteiger partial charge in [-0.1, -0.05) is 12.1 Å². The van der Waals surface area contributed by atoms with Gasteiger partial charge in [0.2, 0.25) is 5.75 Å². The summed E-state index contributed by atoms with van der Waals surface area (Å²) in [5.74, 6) is 0.661. The Bertz CT molecular complexity index is 637. The fourth-order valence-corrected chi connectivity index (χ4v) is 1.67. The van der Waals surface area contributed by atoms with Crippen molar-refractivity contribution in [3.8, 4) is 11.5 Å². The Labute approximate surface area is 109 Å². The first-order chi connectivity index (χ1) is 9.11. The molecule has 19 heavy (non-hydrogen) atoms. The Hall–Kier alpha value is -2.69. The van der Waals surface area contributed by atoms with Crippen LogP contribution in [-0.4, -0.2) is 11.2 Å². The van der Waals surface area contributed by atoms with Crippen LogP contribution in [0.5, 0.6) is 11.5 Å². The molecule has 2 rings (SSSR count). The molecule has 0 saturated carbocycles. The Morgan fingerprint density at radius 2 is 1.89 bits per heavy atom. The minimum Gasteiger partial charge on any atom is -0.450 e. The minimum absolute atomic E-state index is 0.0960. The highest BCUT2D eigenvalue weighted by Crippen LogP contribution is 2.32. The topological polar surface area (TPSA) is 69.4 Å². The molecule has 0 saturated heterocycles. The number of nitro benzene ring substituents is 1. The van der Waals surface area contributed by atoms with E-state index in [9.17, 15) is 14.9 Å². The van der Waals surface area contributed by atoms with E-state index in [0.29, 0.717) is 11.3 Å². The average molecular weight is 257 g/mol.